The number of para-hydroxylation sites is 1. The Morgan fingerprint density at radius 1 is 1.21 bits per heavy atom. The predicted octanol–water partition coefficient (Wildman–Crippen LogP) is 4.27. The average molecular weight is 535 g/mol. The second-order valence-electron chi connectivity index (χ2n) is 8.90. The van der Waals surface area contributed by atoms with E-state index in [4.69, 9.17) is 23.9 Å². The quantitative estimate of drug-likeness (QED) is 0.485. The first-order chi connectivity index (χ1) is 18.6. The lowest BCUT2D eigenvalue weighted by atomic mass is 10.1. The molecule has 194 valence electrons. The first kappa shape index (κ1) is 24.4. The van der Waals surface area contributed by atoms with Gasteiger partial charge < -0.3 is 19.2 Å². The molecule has 1 N–H and O–H groups in total. The normalized spacial score (nSPS) is 17.7. The molecule has 2 amide bonds. The fourth-order valence-electron chi connectivity index (χ4n) is 4.55. The van der Waals surface area contributed by atoms with Crippen LogP contribution in [0.3, 0.4) is 0 Å². The van der Waals surface area contributed by atoms with Crippen LogP contribution >= 0.6 is 11.8 Å². The smallest absolute Gasteiger partial charge is 0.259 e. The van der Waals surface area contributed by atoms with E-state index < -0.39 is 6.04 Å². The van der Waals surface area contributed by atoms with Crippen LogP contribution in [0.5, 0.6) is 5.75 Å². The van der Waals surface area contributed by atoms with Crippen LogP contribution in [0, 0.1) is 5.82 Å². The Morgan fingerprint density at radius 3 is 2.97 bits per heavy atom. The van der Waals surface area contributed by atoms with E-state index in [1.54, 1.807) is 18.4 Å². The largest absolute Gasteiger partial charge is 0.467 e. The number of nitrogens with one attached hydrogen (secondary N) is 1. The van der Waals surface area contributed by atoms with E-state index in [0.717, 1.165) is 5.56 Å². The zero-order chi connectivity index (χ0) is 26.1. The molecule has 0 aliphatic carbocycles. The SMILES string of the molecule is O=C(CC[C@@H]1N=C2c3ccccc3N=C(SCc3cc(F)cc4c3OCOC4)N2C1=O)NCc1ccco1. The Balaban J connectivity index is 1.19. The topological polar surface area (TPSA) is 106 Å². The Labute approximate surface area is 221 Å². The van der Waals surface area contributed by atoms with Gasteiger partial charge in [-0.3, -0.25) is 14.6 Å². The van der Waals surface area contributed by atoms with Gasteiger partial charge in [0.05, 0.1) is 25.1 Å². The van der Waals surface area contributed by atoms with Crippen LogP contribution in [-0.4, -0.2) is 40.6 Å². The molecule has 1 atom stereocenters. The van der Waals surface area contributed by atoms with Crippen molar-refractivity contribution in [2.45, 2.75) is 37.8 Å². The van der Waals surface area contributed by atoms with Crippen LogP contribution in [0.1, 0.15) is 35.3 Å². The zero-order valence-electron chi connectivity index (χ0n) is 20.2. The number of carbonyl (C=O) groups is 2. The summed E-state index contributed by atoms with van der Waals surface area (Å²) in [5, 5.41) is 3.24. The predicted molar refractivity (Wildman–Crippen MR) is 138 cm³/mol. The molecule has 0 fully saturated rings. The summed E-state index contributed by atoms with van der Waals surface area (Å²) in [5.74, 6) is 1.28. The zero-order valence-corrected chi connectivity index (χ0v) is 21.0. The number of rotatable bonds is 7. The molecule has 4 heterocycles. The van der Waals surface area contributed by atoms with Gasteiger partial charge in [0.25, 0.3) is 5.91 Å². The van der Waals surface area contributed by atoms with Crippen LogP contribution in [0.4, 0.5) is 10.1 Å². The molecule has 0 bridgehead atoms. The molecule has 0 saturated heterocycles. The van der Waals surface area contributed by atoms with Crippen LogP contribution in [0.25, 0.3) is 0 Å². The van der Waals surface area contributed by atoms with Gasteiger partial charge in [-0.25, -0.2) is 14.3 Å². The molecule has 6 rings (SSSR count). The van der Waals surface area contributed by atoms with Crippen LogP contribution < -0.4 is 10.1 Å². The molecule has 0 radical (unpaired) electrons. The van der Waals surface area contributed by atoms with Crippen molar-refractivity contribution in [1.82, 2.24) is 10.2 Å². The number of aliphatic imine (C=N–C) groups is 2. The average Bonchev–Trinajstić information content (AvgIpc) is 3.57. The molecule has 9 nitrogen and oxygen atoms in total. The minimum Gasteiger partial charge on any atom is -0.467 e. The Hall–Kier alpha value is -3.96. The van der Waals surface area contributed by atoms with Crippen molar-refractivity contribution in [3.63, 3.8) is 0 Å². The highest BCUT2D eigenvalue weighted by Gasteiger charge is 2.41. The van der Waals surface area contributed by atoms with Gasteiger partial charge in [0.15, 0.2) is 12.0 Å². The number of thioether (sulfide) groups is 1. The van der Waals surface area contributed by atoms with E-state index in [-0.39, 0.29) is 50.4 Å². The summed E-state index contributed by atoms with van der Waals surface area (Å²) in [6, 6.07) is 13.1. The first-order valence-electron chi connectivity index (χ1n) is 12.1. The Kier molecular flexibility index (Phi) is 6.69. The molecule has 3 aliphatic heterocycles. The number of amidine groups is 2. The molecular weight excluding hydrogens is 511 g/mol. The van der Waals surface area contributed by atoms with Gasteiger partial charge in [0, 0.05) is 28.9 Å². The van der Waals surface area contributed by atoms with Crippen molar-refractivity contribution in [2.75, 3.05) is 6.79 Å². The van der Waals surface area contributed by atoms with Crippen molar-refractivity contribution in [1.29, 1.82) is 0 Å². The fourth-order valence-corrected chi connectivity index (χ4v) is 5.52. The number of furan rings is 1. The molecule has 11 heteroatoms. The summed E-state index contributed by atoms with van der Waals surface area (Å²) >= 11 is 1.31. The lowest BCUT2D eigenvalue weighted by Gasteiger charge is -2.26. The van der Waals surface area contributed by atoms with Crippen molar-refractivity contribution in [2.24, 2.45) is 9.98 Å². The van der Waals surface area contributed by atoms with Crippen molar-refractivity contribution in [3.8, 4) is 5.75 Å². The summed E-state index contributed by atoms with van der Waals surface area (Å²) < 4.78 is 30.4. The highest BCUT2D eigenvalue weighted by molar-refractivity contribution is 8.13. The number of fused-ring (bicyclic) bond motifs is 4. The van der Waals surface area contributed by atoms with E-state index >= 15 is 0 Å². The van der Waals surface area contributed by atoms with E-state index in [1.807, 2.05) is 24.3 Å². The minimum absolute atomic E-state index is 0.100. The van der Waals surface area contributed by atoms with Gasteiger partial charge in [0.1, 0.15) is 29.2 Å². The maximum absolute atomic E-state index is 14.3. The third-order valence-corrected chi connectivity index (χ3v) is 7.33. The Morgan fingerprint density at radius 2 is 2.11 bits per heavy atom. The van der Waals surface area contributed by atoms with Crippen LogP contribution in [0.15, 0.2) is 69.2 Å². The van der Waals surface area contributed by atoms with Gasteiger partial charge in [-0.1, -0.05) is 23.9 Å². The second kappa shape index (κ2) is 10.4. The molecule has 0 saturated carbocycles. The van der Waals surface area contributed by atoms with E-state index in [2.05, 4.69) is 5.32 Å². The summed E-state index contributed by atoms with van der Waals surface area (Å²) in [7, 11) is 0. The van der Waals surface area contributed by atoms with Crippen molar-refractivity contribution < 1.29 is 27.9 Å². The van der Waals surface area contributed by atoms with E-state index in [1.165, 1.54) is 28.8 Å². The maximum atomic E-state index is 14.3. The molecule has 3 aliphatic rings. The second-order valence-corrected chi connectivity index (χ2v) is 9.84. The van der Waals surface area contributed by atoms with E-state index in [9.17, 15) is 14.0 Å². The first-order valence-corrected chi connectivity index (χ1v) is 13.1. The maximum Gasteiger partial charge on any atom is 0.259 e. The van der Waals surface area contributed by atoms with Crippen molar-refractivity contribution >= 4 is 40.3 Å². The molecule has 38 heavy (non-hydrogen) atoms. The van der Waals surface area contributed by atoms with Gasteiger partial charge in [-0.05, 0) is 42.8 Å². The molecule has 0 spiro atoms. The molecule has 1 aromatic heterocycles. The molecule has 3 aromatic rings. The van der Waals surface area contributed by atoms with Gasteiger partial charge in [-0.15, -0.1) is 0 Å². The standard InChI is InChI=1S/C27H23FN4O5S/c28-18-10-16-13-35-15-37-24(16)17(11-18)14-38-27-31-21-6-2-1-5-20(21)25-30-22(26(34)32(25)27)7-8-23(33)29-12-19-4-3-9-36-19/h1-6,9-11,22H,7-8,12-15H2,(H,29,33)/t22-/m0/s1. The van der Waals surface area contributed by atoms with Gasteiger partial charge >= 0.3 is 0 Å². The summed E-state index contributed by atoms with van der Waals surface area (Å²) in [6.07, 6.45) is 1.94. The summed E-state index contributed by atoms with van der Waals surface area (Å²) in [6.45, 7) is 0.658. The van der Waals surface area contributed by atoms with E-state index in [0.29, 0.717) is 45.1 Å². The third kappa shape index (κ3) is 4.82. The number of carbonyl (C=O) groups excluding carboxylic acids is 2. The highest BCUT2D eigenvalue weighted by Crippen LogP contribution is 2.37. The van der Waals surface area contributed by atoms with Crippen LogP contribution in [-0.2, 0) is 33.2 Å². The summed E-state index contributed by atoms with van der Waals surface area (Å²) in [4.78, 5) is 36.8. The third-order valence-electron chi connectivity index (χ3n) is 6.34. The number of nitrogens with zero attached hydrogens (tertiary/aromatic N) is 3. The minimum atomic E-state index is -0.710. The molecule has 0 unspecified atom stereocenters. The van der Waals surface area contributed by atoms with Crippen LogP contribution in [0.2, 0.25) is 0 Å². The Bertz CT molecular complexity index is 1460. The van der Waals surface area contributed by atoms with Gasteiger partial charge in [0.2, 0.25) is 5.91 Å². The molecule has 2 aromatic carbocycles. The fraction of sp³-hybridized carbons (Fsp3) is 0.259. The number of amides is 2. The number of hydrogen-bond acceptors (Lipinski definition) is 8. The number of hydrogen-bond donors (Lipinski definition) is 1. The lowest BCUT2D eigenvalue weighted by Crippen LogP contribution is -2.41. The number of ether oxygens (including phenoxy) is 2. The number of halogens is 1. The monoisotopic (exact) mass is 534 g/mol. The van der Waals surface area contributed by atoms with Crippen molar-refractivity contribution in [3.05, 3.63) is 83.1 Å². The van der Waals surface area contributed by atoms with Gasteiger partial charge in [-0.2, -0.15) is 0 Å². The lowest BCUT2D eigenvalue weighted by molar-refractivity contribution is -0.125. The number of benzene rings is 2. The highest BCUT2D eigenvalue weighted by atomic mass is 32.2. The summed E-state index contributed by atoms with van der Waals surface area (Å²) in [5.41, 5.74) is 2.75. The molecular formula is C27H23FN4O5S.